The van der Waals surface area contributed by atoms with E-state index < -0.39 is 0 Å². The normalized spacial score (nSPS) is 11.1. The van der Waals surface area contributed by atoms with E-state index in [2.05, 4.69) is 46.3 Å². The zero-order valence-electron chi connectivity index (χ0n) is 13.5. The number of aromatic nitrogens is 3. The average molecular weight is 378 g/mol. The zero-order valence-corrected chi connectivity index (χ0v) is 15.1. The van der Waals surface area contributed by atoms with Crippen molar-refractivity contribution in [2.45, 2.75) is 13.8 Å². The highest BCUT2D eigenvalue weighted by atomic mass is 79.9. The Morgan fingerprint density at radius 2 is 1.58 bits per heavy atom. The van der Waals surface area contributed by atoms with Gasteiger partial charge in [-0.2, -0.15) is 5.10 Å². The number of aryl methyl sites for hydroxylation is 2. The van der Waals surface area contributed by atoms with Gasteiger partial charge in [0.25, 0.3) is 0 Å². The van der Waals surface area contributed by atoms with E-state index in [9.17, 15) is 0 Å². The molecule has 2 heterocycles. The molecule has 2 aromatic heterocycles. The molecule has 4 heteroatoms. The Bertz CT molecular complexity index is 1020. The van der Waals surface area contributed by atoms with Crippen LogP contribution in [0.4, 0.5) is 0 Å². The molecule has 0 bridgehead atoms. The van der Waals surface area contributed by atoms with E-state index in [1.807, 2.05) is 48.7 Å². The summed E-state index contributed by atoms with van der Waals surface area (Å²) in [6, 6.07) is 20.7. The van der Waals surface area contributed by atoms with Crippen LogP contribution in [0.5, 0.6) is 0 Å². The maximum atomic E-state index is 4.77. The molecule has 0 aliphatic rings. The zero-order chi connectivity index (χ0) is 16.7. The Balaban J connectivity index is 2.02. The molecule has 4 aromatic rings. The van der Waals surface area contributed by atoms with E-state index in [1.54, 1.807) is 0 Å². The summed E-state index contributed by atoms with van der Waals surface area (Å²) in [6.45, 7) is 4.07. The molecule has 0 aliphatic heterocycles. The predicted molar refractivity (Wildman–Crippen MR) is 101 cm³/mol. The summed E-state index contributed by atoms with van der Waals surface area (Å²) in [4.78, 5) is 4.77. The van der Waals surface area contributed by atoms with Crippen molar-refractivity contribution in [2.24, 2.45) is 0 Å². The molecule has 118 valence electrons. The first-order valence-electron chi connectivity index (χ1n) is 7.82. The van der Waals surface area contributed by atoms with Gasteiger partial charge in [-0.1, -0.05) is 58.4 Å². The first-order valence-corrected chi connectivity index (χ1v) is 8.61. The van der Waals surface area contributed by atoms with Crippen molar-refractivity contribution >= 4 is 21.6 Å². The maximum absolute atomic E-state index is 4.77. The highest BCUT2D eigenvalue weighted by molar-refractivity contribution is 9.10. The van der Waals surface area contributed by atoms with Crippen LogP contribution in [-0.2, 0) is 0 Å². The van der Waals surface area contributed by atoms with Crippen LogP contribution in [0.3, 0.4) is 0 Å². The third-order valence-corrected chi connectivity index (χ3v) is 4.62. The fourth-order valence-corrected chi connectivity index (χ4v) is 3.28. The second kappa shape index (κ2) is 5.87. The molecule has 0 fully saturated rings. The summed E-state index contributed by atoms with van der Waals surface area (Å²) in [7, 11) is 0. The quantitative estimate of drug-likeness (QED) is 0.465. The van der Waals surface area contributed by atoms with Gasteiger partial charge < -0.3 is 0 Å². The summed E-state index contributed by atoms with van der Waals surface area (Å²) in [6.07, 6.45) is 0. The van der Waals surface area contributed by atoms with Crippen molar-refractivity contribution in [1.29, 1.82) is 0 Å². The molecule has 0 atom stereocenters. The fraction of sp³-hybridized carbons (Fsp3) is 0.100. The van der Waals surface area contributed by atoms with Gasteiger partial charge in [-0.3, -0.25) is 0 Å². The second-order valence-corrected chi connectivity index (χ2v) is 6.77. The molecule has 0 unspecified atom stereocenters. The smallest absolute Gasteiger partial charge is 0.164 e. The Morgan fingerprint density at radius 1 is 0.875 bits per heavy atom. The number of hydrogen-bond donors (Lipinski definition) is 0. The lowest BCUT2D eigenvalue weighted by atomic mass is 10.1. The Kier molecular flexibility index (Phi) is 3.69. The summed E-state index contributed by atoms with van der Waals surface area (Å²) < 4.78 is 3.02. The molecule has 0 saturated carbocycles. The van der Waals surface area contributed by atoms with Gasteiger partial charge in [0.15, 0.2) is 5.65 Å². The fourth-order valence-electron chi connectivity index (χ4n) is 3.01. The average Bonchev–Trinajstić information content (AvgIpc) is 2.91. The molecule has 0 spiro atoms. The molecule has 24 heavy (non-hydrogen) atoms. The number of halogens is 1. The van der Waals surface area contributed by atoms with Gasteiger partial charge in [0.05, 0.1) is 11.4 Å². The van der Waals surface area contributed by atoms with Crippen LogP contribution in [0.1, 0.15) is 11.4 Å². The molecular formula is C20H16BrN3. The van der Waals surface area contributed by atoms with E-state index in [1.165, 1.54) is 0 Å². The van der Waals surface area contributed by atoms with Crippen LogP contribution in [-0.4, -0.2) is 14.6 Å². The lowest BCUT2D eigenvalue weighted by molar-refractivity contribution is 0.917. The van der Waals surface area contributed by atoms with E-state index in [0.29, 0.717) is 0 Å². The highest BCUT2D eigenvalue weighted by Gasteiger charge is 2.16. The van der Waals surface area contributed by atoms with E-state index in [-0.39, 0.29) is 0 Å². The van der Waals surface area contributed by atoms with Gasteiger partial charge in [0, 0.05) is 21.3 Å². The van der Waals surface area contributed by atoms with Crippen molar-refractivity contribution in [3.63, 3.8) is 0 Å². The van der Waals surface area contributed by atoms with Crippen molar-refractivity contribution in [2.75, 3.05) is 0 Å². The van der Waals surface area contributed by atoms with E-state index >= 15 is 0 Å². The molecule has 0 N–H and O–H groups in total. The third kappa shape index (κ3) is 2.53. The van der Waals surface area contributed by atoms with Crippen LogP contribution in [0.2, 0.25) is 0 Å². The van der Waals surface area contributed by atoms with E-state index in [4.69, 9.17) is 10.1 Å². The van der Waals surface area contributed by atoms with Gasteiger partial charge in [0.2, 0.25) is 0 Å². The van der Waals surface area contributed by atoms with Gasteiger partial charge in [-0.05, 0) is 37.6 Å². The number of fused-ring (bicyclic) bond motifs is 1. The van der Waals surface area contributed by atoms with Crippen LogP contribution < -0.4 is 0 Å². The summed E-state index contributed by atoms with van der Waals surface area (Å²) in [5.74, 6) is 0. The van der Waals surface area contributed by atoms with Crippen molar-refractivity contribution in [1.82, 2.24) is 14.6 Å². The van der Waals surface area contributed by atoms with Crippen molar-refractivity contribution in [3.05, 3.63) is 76.5 Å². The first kappa shape index (κ1) is 15.1. The largest absolute Gasteiger partial charge is 0.233 e. The topological polar surface area (TPSA) is 30.2 Å². The first-order chi connectivity index (χ1) is 11.6. The number of hydrogen-bond acceptors (Lipinski definition) is 2. The van der Waals surface area contributed by atoms with E-state index in [0.717, 1.165) is 43.9 Å². The summed E-state index contributed by atoms with van der Waals surface area (Å²) in [5.41, 5.74) is 7.27. The standard InChI is InChI=1S/C20H16BrN3/c1-13-12-18(15-6-4-3-5-7-15)24-20(22-13)19(14(2)23-24)16-8-10-17(21)11-9-16/h3-12H,1-2H3. The van der Waals surface area contributed by atoms with Crippen LogP contribution in [0.25, 0.3) is 28.0 Å². The Hall–Kier alpha value is -2.46. The molecule has 2 aromatic carbocycles. The van der Waals surface area contributed by atoms with Crippen molar-refractivity contribution in [3.8, 4) is 22.4 Å². The highest BCUT2D eigenvalue weighted by Crippen LogP contribution is 2.31. The maximum Gasteiger partial charge on any atom is 0.164 e. The molecule has 0 saturated heterocycles. The van der Waals surface area contributed by atoms with Gasteiger partial charge >= 0.3 is 0 Å². The van der Waals surface area contributed by atoms with Crippen LogP contribution >= 0.6 is 15.9 Å². The van der Waals surface area contributed by atoms with Gasteiger partial charge in [0.1, 0.15) is 0 Å². The minimum absolute atomic E-state index is 0.897. The number of benzene rings is 2. The molecule has 0 aliphatic carbocycles. The minimum Gasteiger partial charge on any atom is -0.233 e. The molecular weight excluding hydrogens is 362 g/mol. The lowest BCUT2D eigenvalue weighted by Gasteiger charge is -2.07. The number of nitrogens with zero attached hydrogens (tertiary/aromatic N) is 3. The Labute approximate surface area is 149 Å². The SMILES string of the molecule is Cc1cc(-c2ccccc2)n2nc(C)c(-c3ccc(Br)cc3)c2n1. The summed E-state index contributed by atoms with van der Waals surface area (Å²) >= 11 is 3.49. The molecule has 4 rings (SSSR count). The van der Waals surface area contributed by atoms with Gasteiger partial charge in [-0.25, -0.2) is 9.50 Å². The third-order valence-electron chi connectivity index (χ3n) is 4.09. The molecule has 3 nitrogen and oxygen atoms in total. The monoisotopic (exact) mass is 377 g/mol. The number of rotatable bonds is 2. The van der Waals surface area contributed by atoms with Gasteiger partial charge in [-0.15, -0.1) is 0 Å². The molecule has 0 amide bonds. The van der Waals surface area contributed by atoms with Crippen LogP contribution in [0.15, 0.2) is 65.1 Å². The summed E-state index contributed by atoms with van der Waals surface area (Å²) in [5, 5.41) is 4.77. The molecule has 0 radical (unpaired) electrons. The minimum atomic E-state index is 0.897. The second-order valence-electron chi connectivity index (χ2n) is 5.85. The predicted octanol–water partition coefficient (Wildman–Crippen LogP) is 5.44. The van der Waals surface area contributed by atoms with Crippen molar-refractivity contribution < 1.29 is 0 Å². The van der Waals surface area contributed by atoms with Crippen LogP contribution in [0, 0.1) is 13.8 Å². The lowest BCUT2D eigenvalue weighted by Crippen LogP contribution is -1.98. The Morgan fingerprint density at radius 3 is 2.29 bits per heavy atom.